The maximum atomic E-state index is 12.8. The maximum absolute atomic E-state index is 12.8. The number of benzene rings is 2. The van der Waals surface area contributed by atoms with Crippen LogP contribution in [0.25, 0.3) is 0 Å². The van der Waals surface area contributed by atoms with Gasteiger partial charge in [-0.3, -0.25) is 0 Å². The number of allylic oxidation sites excluding steroid dienone is 1. The summed E-state index contributed by atoms with van der Waals surface area (Å²) in [6, 6.07) is 13.0. The SMILES string of the molecule is C=CCOC(=O)c1ccc(CC=C)c(C(=O)OCC=C)c1Cc1ccccc1. The first-order valence-corrected chi connectivity index (χ1v) is 8.98. The number of carbonyl (C=O) groups is 2. The van der Waals surface area contributed by atoms with E-state index in [1.54, 1.807) is 18.2 Å². The molecule has 0 fully saturated rings. The third-order valence-corrected chi connectivity index (χ3v) is 4.08. The molecular weight excluding hydrogens is 352 g/mol. The minimum atomic E-state index is -0.506. The summed E-state index contributed by atoms with van der Waals surface area (Å²) in [5, 5.41) is 0. The molecule has 0 atom stereocenters. The largest absolute Gasteiger partial charge is 0.458 e. The highest BCUT2D eigenvalue weighted by Gasteiger charge is 2.24. The predicted octanol–water partition coefficient (Wildman–Crippen LogP) is 4.69. The summed E-state index contributed by atoms with van der Waals surface area (Å²) in [5.74, 6) is -1.00. The van der Waals surface area contributed by atoms with E-state index in [1.807, 2.05) is 30.3 Å². The average molecular weight is 376 g/mol. The summed E-state index contributed by atoms with van der Waals surface area (Å²) < 4.78 is 10.5. The van der Waals surface area contributed by atoms with E-state index >= 15 is 0 Å². The fourth-order valence-electron chi connectivity index (χ4n) is 2.87. The topological polar surface area (TPSA) is 52.6 Å². The van der Waals surface area contributed by atoms with Crippen LogP contribution in [-0.2, 0) is 22.3 Å². The lowest BCUT2D eigenvalue weighted by atomic mass is 9.90. The molecule has 144 valence electrons. The van der Waals surface area contributed by atoms with Gasteiger partial charge in [-0.1, -0.05) is 67.8 Å². The summed E-state index contributed by atoms with van der Waals surface area (Å²) in [5.41, 5.74) is 3.00. The summed E-state index contributed by atoms with van der Waals surface area (Å²) in [6.07, 6.45) is 5.58. The van der Waals surface area contributed by atoms with E-state index in [1.165, 1.54) is 12.2 Å². The molecule has 0 amide bonds. The standard InChI is InChI=1S/C24H24O4/c1-4-10-19-13-14-20(23(25)27-15-5-2)21(17-18-11-8-7-9-12-18)22(19)24(26)28-16-6-3/h4-9,11-14H,1-3,10,15-17H2. The number of ether oxygens (including phenoxy) is 2. The van der Waals surface area contributed by atoms with Crippen LogP contribution in [0.3, 0.4) is 0 Å². The Bertz CT molecular complexity index is 866. The first kappa shape index (κ1) is 20.9. The number of rotatable bonds is 10. The van der Waals surface area contributed by atoms with Gasteiger partial charge >= 0.3 is 11.9 Å². The highest BCUT2D eigenvalue weighted by Crippen LogP contribution is 2.25. The Hall–Kier alpha value is -3.40. The van der Waals surface area contributed by atoms with Crippen LogP contribution < -0.4 is 0 Å². The molecule has 0 unspecified atom stereocenters. The van der Waals surface area contributed by atoms with Gasteiger partial charge in [0.25, 0.3) is 0 Å². The molecular formula is C24H24O4. The molecule has 0 aliphatic carbocycles. The second-order valence-electron chi connectivity index (χ2n) is 6.06. The van der Waals surface area contributed by atoms with Crippen molar-refractivity contribution in [1.29, 1.82) is 0 Å². The van der Waals surface area contributed by atoms with Gasteiger partial charge in [0.15, 0.2) is 0 Å². The van der Waals surface area contributed by atoms with Crippen molar-refractivity contribution < 1.29 is 19.1 Å². The zero-order valence-corrected chi connectivity index (χ0v) is 15.9. The summed E-state index contributed by atoms with van der Waals surface area (Å²) in [4.78, 5) is 25.4. The van der Waals surface area contributed by atoms with E-state index in [2.05, 4.69) is 19.7 Å². The van der Waals surface area contributed by atoms with Gasteiger partial charge in [0.1, 0.15) is 13.2 Å². The second-order valence-corrected chi connectivity index (χ2v) is 6.06. The number of hydrogen-bond acceptors (Lipinski definition) is 4. The van der Waals surface area contributed by atoms with Crippen molar-refractivity contribution in [1.82, 2.24) is 0 Å². The first-order chi connectivity index (χ1) is 13.6. The van der Waals surface area contributed by atoms with Crippen LogP contribution in [0.5, 0.6) is 0 Å². The second kappa shape index (κ2) is 10.7. The highest BCUT2D eigenvalue weighted by molar-refractivity contribution is 5.99. The van der Waals surface area contributed by atoms with E-state index in [0.717, 1.165) is 11.1 Å². The zero-order chi connectivity index (χ0) is 20.4. The minimum Gasteiger partial charge on any atom is -0.458 e. The van der Waals surface area contributed by atoms with Gasteiger partial charge in [-0.2, -0.15) is 0 Å². The lowest BCUT2D eigenvalue weighted by Gasteiger charge is -2.17. The lowest BCUT2D eigenvalue weighted by Crippen LogP contribution is -2.17. The van der Waals surface area contributed by atoms with Crippen molar-refractivity contribution in [2.24, 2.45) is 0 Å². The van der Waals surface area contributed by atoms with Crippen molar-refractivity contribution in [2.75, 3.05) is 13.2 Å². The molecule has 0 radical (unpaired) electrons. The van der Waals surface area contributed by atoms with Crippen LogP contribution in [-0.4, -0.2) is 25.2 Å². The third-order valence-electron chi connectivity index (χ3n) is 4.08. The normalized spacial score (nSPS) is 10.0. The van der Waals surface area contributed by atoms with Crippen molar-refractivity contribution in [3.8, 4) is 0 Å². The van der Waals surface area contributed by atoms with Gasteiger partial charge in [-0.25, -0.2) is 9.59 Å². The van der Waals surface area contributed by atoms with Crippen molar-refractivity contribution in [3.05, 3.63) is 108 Å². The zero-order valence-electron chi connectivity index (χ0n) is 15.9. The van der Waals surface area contributed by atoms with Crippen LogP contribution in [0, 0.1) is 0 Å². The van der Waals surface area contributed by atoms with Crippen LogP contribution >= 0.6 is 0 Å². The number of hydrogen-bond donors (Lipinski definition) is 0. The van der Waals surface area contributed by atoms with Gasteiger partial charge in [0.05, 0.1) is 11.1 Å². The van der Waals surface area contributed by atoms with E-state index in [-0.39, 0.29) is 13.2 Å². The Labute approximate surface area is 165 Å². The minimum absolute atomic E-state index is 0.0856. The molecule has 0 aliphatic heterocycles. The van der Waals surface area contributed by atoms with Crippen molar-refractivity contribution >= 4 is 11.9 Å². The van der Waals surface area contributed by atoms with E-state index in [9.17, 15) is 9.59 Å². The molecule has 0 spiro atoms. The monoisotopic (exact) mass is 376 g/mol. The Morgan fingerprint density at radius 1 is 0.821 bits per heavy atom. The van der Waals surface area contributed by atoms with Crippen LogP contribution in [0.2, 0.25) is 0 Å². The fourth-order valence-corrected chi connectivity index (χ4v) is 2.87. The third kappa shape index (κ3) is 5.30. The molecule has 28 heavy (non-hydrogen) atoms. The molecule has 0 heterocycles. The van der Waals surface area contributed by atoms with Crippen LogP contribution in [0.15, 0.2) is 80.4 Å². The summed E-state index contributed by atoms with van der Waals surface area (Å²) in [7, 11) is 0. The summed E-state index contributed by atoms with van der Waals surface area (Å²) >= 11 is 0. The van der Waals surface area contributed by atoms with Crippen molar-refractivity contribution in [2.45, 2.75) is 12.8 Å². The van der Waals surface area contributed by atoms with Gasteiger partial charge in [0.2, 0.25) is 0 Å². The Kier molecular flexibility index (Phi) is 7.97. The Morgan fingerprint density at radius 3 is 2.07 bits per heavy atom. The van der Waals surface area contributed by atoms with Crippen LogP contribution in [0.1, 0.15) is 37.4 Å². The maximum Gasteiger partial charge on any atom is 0.339 e. The fraction of sp³-hybridized carbons (Fsp3) is 0.167. The molecule has 0 N–H and O–H groups in total. The molecule has 0 aromatic heterocycles. The predicted molar refractivity (Wildman–Crippen MR) is 111 cm³/mol. The van der Waals surface area contributed by atoms with E-state index in [4.69, 9.17) is 9.47 Å². The van der Waals surface area contributed by atoms with E-state index in [0.29, 0.717) is 29.5 Å². The Morgan fingerprint density at radius 2 is 1.46 bits per heavy atom. The van der Waals surface area contributed by atoms with Crippen molar-refractivity contribution in [3.63, 3.8) is 0 Å². The molecule has 2 rings (SSSR count). The molecule has 0 aliphatic rings. The molecule has 0 bridgehead atoms. The lowest BCUT2D eigenvalue weighted by molar-refractivity contribution is 0.0545. The molecule has 4 nitrogen and oxygen atoms in total. The van der Waals surface area contributed by atoms with Gasteiger partial charge in [-0.05, 0) is 35.6 Å². The van der Waals surface area contributed by atoms with Gasteiger partial charge in [-0.15, -0.1) is 6.58 Å². The number of carbonyl (C=O) groups excluding carboxylic acids is 2. The molecule has 2 aromatic carbocycles. The molecule has 2 aromatic rings. The smallest absolute Gasteiger partial charge is 0.339 e. The average Bonchev–Trinajstić information content (AvgIpc) is 2.71. The van der Waals surface area contributed by atoms with Gasteiger partial charge < -0.3 is 9.47 Å². The molecule has 0 saturated heterocycles. The first-order valence-electron chi connectivity index (χ1n) is 8.98. The summed E-state index contributed by atoms with van der Waals surface area (Å²) in [6.45, 7) is 11.1. The van der Waals surface area contributed by atoms with E-state index < -0.39 is 11.9 Å². The molecule has 0 saturated carbocycles. The molecule has 4 heteroatoms. The van der Waals surface area contributed by atoms with Crippen LogP contribution in [0.4, 0.5) is 0 Å². The number of esters is 2. The van der Waals surface area contributed by atoms with Gasteiger partial charge in [0, 0.05) is 0 Å². The highest BCUT2D eigenvalue weighted by atomic mass is 16.5. The quantitative estimate of drug-likeness (QED) is 0.446. The Balaban J connectivity index is 2.62.